The summed E-state index contributed by atoms with van der Waals surface area (Å²) >= 11 is 5.92. The fraction of sp³-hybridized carbons (Fsp3) is 0.583. The van der Waals surface area contributed by atoms with Gasteiger partial charge in [0, 0.05) is 12.6 Å². The maximum atomic E-state index is 12.4. The molecule has 19 heavy (non-hydrogen) atoms. The van der Waals surface area contributed by atoms with Crippen LogP contribution in [0.3, 0.4) is 0 Å². The largest absolute Gasteiger partial charge is 0.465 e. The van der Waals surface area contributed by atoms with Crippen LogP contribution in [-0.2, 0) is 6.54 Å². The van der Waals surface area contributed by atoms with Crippen LogP contribution in [0.4, 0.5) is 13.2 Å². The first-order chi connectivity index (χ1) is 8.84. The number of hydrogen-bond acceptors (Lipinski definition) is 3. The molecule has 0 radical (unpaired) electrons. The van der Waals surface area contributed by atoms with Gasteiger partial charge in [-0.1, -0.05) is 18.5 Å². The van der Waals surface area contributed by atoms with Crippen LogP contribution >= 0.6 is 11.6 Å². The van der Waals surface area contributed by atoms with E-state index in [1.54, 1.807) is 0 Å². The van der Waals surface area contributed by atoms with Gasteiger partial charge in [0.2, 0.25) is 5.88 Å². The quantitative estimate of drug-likeness (QED) is 0.815. The fourth-order valence-electron chi connectivity index (χ4n) is 1.29. The van der Waals surface area contributed by atoms with Crippen molar-refractivity contribution in [3.8, 4) is 5.88 Å². The Morgan fingerprint density at radius 2 is 2.11 bits per heavy atom. The summed E-state index contributed by atoms with van der Waals surface area (Å²) in [6.45, 7) is 4.12. The molecule has 0 fully saturated rings. The Hall–Kier alpha value is -1.01. The van der Waals surface area contributed by atoms with E-state index in [4.69, 9.17) is 16.3 Å². The molecule has 1 aromatic rings. The van der Waals surface area contributed by atoms with E-state index in [1.165, 1.54) is 12.1 Å². The first kappa shape index (κ1) is 16.0. The number of ether oxygens (including phenoxy) is 1. The number of halogens is 4. The van der Waals surface area contributed by atoms with E-state index in [-0.39, 0.29) is 5.88 Å². The summed E-state index contributed by atoms with van der Waals surface area (Å²) in [6, 6.07) is 2.81. The summed E-state index contributed by atoms with van der Waals surface area (Å²) in [5, 5.41) is 3.48. The van der Waals surface area contributed by atoms with E-state index in [9.17, 15) is 13.2 Å². The van der Waals surface area contributed by atoms with Crippen molar-refractivity contribution in [2.75, 3.05) is 6.54 Å². The molecule has 0 saturated carbocycles. The normalized spacial score (nSPS) is 13.4. The topological polar surface area (TPSA) is 34.2 Å². The van der Waals surface area contributed by atoms with Gasteiger partial charge in [-0.3, -0.25) is 0 Å². The highest BCUT2D eigenvalue weighted by Crippen LogP contribution is 2.25. The lowest BCUT2D eigenvalue weighted by Crippen LogP contribution is -2.31. The number of nitrogens with one attached hydrogen (secondary N) is 1. The second kappa shape index (κ2) is 6.96. The predicted molar refractivity (Wildman–Crippen MR) is 67.4 cm³/mol. The Labute approximate surface area is 115 Å². The average molecular weight is 297 g/mol. The molecule has 0 aliphatic carbocycles. The Morgan fingerprint density at radius 3 is 2.68 bits per heavy atom. The van der Waals surface area contributed by atoms with Gasteiger partial charge in [0.15, 0.2) is 6.10 Å². The molecule has 1 heterocycles. The molecule has 1 rings (SSSR count). The molecule has 0 bridgehead atoms. The Bertz CT molecular complexity index is 412. The van der Waals surface area contributed by atoms with Crippen LogP contribution in [0.15, 0.2) is 12.1 Å². The van der Waals surface area contributed by atoms with Crippen LogP contribution in [0.2, 0.25) is 5.02 Å². The Morgan fingerprint density at radius 1 is 1.42 bits per heavy atom. The van der Waals surface area contributed by atoms with E-state index in [0.29, 0.717) is 17.3 Å². The summed E-state index contributed by atoms with van der Waals surface area (Å²) in [7, 11) is 0. The number of alkyl halides is 3. The molecular formula is C12H16ClF3N2O. The molecule has 0 aromatic carbocycles. The molecule has 1 N–H and O–H groups in total. The Balaban J connectivity index is 2.73. The lowest BCUT2D eigenvalue weighted by Gasteiger charge is -2.17. The zero-order chi connectivity index (χ0) is 14.5. The molecular weight excluding hydrogens is 281 g/mol. The van der Waals surface area contributed by atoms with E-state index < -0.39 is 12.3 Å². The van der Waals surface area contributed by atoms with Gasteiger partial charge >= 0.3 is 6.18 Å². The molecule has 108 valence electrons. The summed E-state index contributed by atoms with van der Waals surface area (Å²) < 4.78 is 41.9. The molecule has 0 amide bonds. The van der Waals surface area contributed by atoms with Crippen LogP contribution in [0.5, 0.6) is 5.88 Å². The van der Waals surface area contributed by atoms with Crippen molar-refractivity contribution in [1.82, 2.24) is 10.3 Å². The highest BCUT2D eigenvalue weighted by atomic mass is 35.5. The van der Waals surface area contributed by atoms with Crippen molar-refractivity contribution in [2.24, 2.45) is 0 Å². The highest BCUT2D eigenvalue weighted by Gasteiger charge is 2.38. The van der Waals surface area contributed by atoms with E-state index in [0.717, 1.165) is 19.9 Å². The monoisotopic (exact) mass is 296 g/mol. The van der Waals surface area contributed by atoms with Gasteiger partial charge in [-0.15, -0.1) is 0 Å². The van der Waals surface area contributed by atoms with Gasteiger partial charge in [-0.2, -0.15) is 13.2 Å². The molecule has 1 unspecified atom stereocenters. The summed E-state index contributed by atoms with van der Waals surface area (Å²) in [4.78, 5) is 3.98. The van der Waals surface area contributed by atoms with Crippen molar-refractivity contribution in [3.05, 3.63) is 22.8 Å². The average Bonchev–Trinajstić information content (AvgIpc) is 2.32. The summed E-state index contributed by atoms with van der Waals surface area (Å²) in [5.74, 6) is -0.0810. The van der Waals surface area contributed by atoms with Crippen LogP contribution in [0.25, 0.3) is 0 Å². The maximum absolute atomic E-state index is 12.4. The fourth-order valence-corrected chi connectivity index (χ4v) is 1.46. The van der Waals surface area contributed by atoms with Gasteiger partial charge in [-0.05, 0) is 26.0 Å². The second-order valence-electron chi connectivity index (χ2n) is 4.06. The molecule has 0 aliphatic heterocycles. The number of aromatic nitrogens is 1. The molecule has 3 nitrogen and oxygen atoms in total. The minimum Gasteiger partial charge on any atom is -0.465 e. The van der Waals surface area contributed by atoms with E-state index >= 15 is 0 Å². The SMILES string of the molecule is CCCNCc1nc(OC(C)C(F)(F)F)ccc1Cl. The lowest BCUT2D eigenvalue weighted by atomic mass is 10.3. The second-order valence-corrected chi connectivity index (χ2v) is 4.46. The van der Waals surface area contributed by atoms with Crippen molar-refractivity contribution in [3.63, 3.8) is 0 Å². The van der Waals surface area contributed by atoms with Crippen molar-refractivity contribution >= 4 is 11.6 Å². The highest BCUT2D eigenvalue weighted by molar-refractivity contribution is 6.31. The first-order valence-electron chi connectivity index (χ1n) is 5.94. The lowest BCUT2D eigenvalue weighted by molar-refractivity contribution is -0.190. The molecule has 0 aliphatic rings. The summed E-state index contributed by atoms with van der Waals surface area (Å²) in [6.07, 6.45) is -5.38. The van der Waals surface area contributed by atoms with Crippen LogP contribution < -0.4 is 10.1 Å². The van der Waals surface area contributed by atoms with Gasteiger partial charge in [0.25, 0.3) is 0 Å². The van der Waals surface area contributed by atoms with Gasteiger partial charge in [-0.25, -0.2) is 4.98 Å². The Kier molecular flexibility index (Phi) is 5.87. The third-order valence-electron chi connectivity index (χ3n) is 2.37. The minimum atomic E-state index is -4.41. The molecule has 7 heteroatoms. The van der Waals surface area contributed by atoms with Crippen molar-refractivity contribution in [2.45, 2.75) is 39.1 Å². The summed E-state index contributed by atoms with van der Waals surface area (Å²) in [5.41, 5.74) is 0.474. The zero-order valence-electron chi connectivity index (χ0n) is 10.7. The van der Waals surface area contributed by atoms with Gasteiger partial charge < -0.3 is 10.1 Å². The van der Waals surface area contributed by atoms with Crippen LogP contribution in [-0.4, -0.2) is 23.8 Å². The van der Waals surface area contributed by atoms with Crippen molar-refractivity contribution in [1.29, 1.82) is 0 Å². The van der Waals surface area contributed by atoms with E-state index in [2.05, 4.69) is 10.3 Å². The number of hydrogen-bond donors (Lipinski definition) is 1. The number of nitrogens with zero attached hydrogens (tertiary/aromatic N) is 1. The first-order valence-corrected chi connectivity index (χ1v) is 6.32. The number of pyridine rings is 1. The third kappa shape index (κ3) is 5.24. The van der Waals surface area contributed by atoms with Crippen LogP contribution in [0, 0.1) is 0 Å². The predicted octanol–water partition coefficient (Wildman–Crippen LogP) is 3.56. The van der Waals surface area contributed by atoms with Crippen LogP contribution in [0.1, 0.15) is 26.0 Å². The minimum absolute atomic E-state index is 0.0810. The van der Waals surface area contributed by atoms with Gasteiger partial charge in [0.05, 0.1) is 10.7 Å². The van der Waals surface area contributed by atoms with Gasteiger partial charge in [0.1, 0.15) is 0 Å². The van der Waals surface area contributed by atoms with E-state index in [1.807, 2.05) is 6.92 Å². The molecule has 1 aromatic heterocycles. The smallest absolute Gasteiger partial charge is 0.425 e. The molecule has 0 saturated heterocycles. The molecule has 1 atom stereocenters. The molecule has 0 spiro atoms. The zero-order valence-corrected chi connectivity index (χ0v) is 11.5. The number of rotatable bonds is 6. The standard InChI is InChI=1S/C12H16ClF3N2O/c1-3-6-17-7-10-9(13)4-5-11(18-10)19-8(2)12(14,15)16/h4-5,8,17H,3,6-7H2,1-2H3. The van der Waals surface area contributed by atoms with Crippen molar-refractivity contribution < 1.29 is 17.9 Å². The third-order valence-corrected chi connectivity index (χ3v) is 2.71. The maximum Gasteiger partial charge on any atom is 0.425 e.